The average Bonchev–Trinajstić information content (AvgIpc) is 3.11. The van der Waals surface area contributed by atoms with Crippen molar-refractivity contribution in [2.45, 2.75) is 45.1 Å². The Morgan fingerprint density at radius 3 is 3.00 bits per heavy atom. The van der Waals surface area contributed by atoms with Gasteiger partial charge in [-0.15, -0.1) is 0 Å². The van der Waals surface area contributed by atoms with E-state index in [2.05, 4.69) is 33.4 Å². The zero-order valence-corrected chi connectivity index (χ0v) is 13.0. The number of anilines is 1. The molecule has 22 heavy (non-hydrogen) atoms. The molecule has 3 atom stereocenters. The lowest BCUT2D eigenvalue weighted by atomic mass is 10.0. The average molecular weight is 302 g/mol. The Morgan fingerprint density at radius 2 is 2.27 bits per heavy atom. The van der Waals surface area contributed by atoms with E-state index in [0.29, 0.717) is 18.1 Å². The quantitative estimate of drug-likeness (QED) is 0.881. The van der Waals surface area contributed by atoms with E-state index >= 15 is 0 Å². The molecule has 1 fully saturated rings. The van der Waals surface area contributed by atoms with Crippen LogP contribution in [0, 0.1) is 12.8 Å². The van der Waals surface area contributed by atoms with Crippen molar-refractivity contribution in [3.8, 4) is 0 Å². The lowest BCUT2D eigenvalue weighted by Gasteiger charge is -2.16. The van der Waals surface area contributed by atoms with Crippen molar-refractivity contribution < 1.29 is 9.63 Å². The minimum atomic E-state index is -0.336. The Hall–Kier alpha value is -1.95. The Labute approximate surface area is 130 Å². The highest BCUT2D eigenvalue weighted by Crippen LogP contribution is 2.37. The summed E-state index contributed by atoms with van der Waals surface area (Å²) in [5.74, 6) is 1.65. The van der Waals surface area contributed by atoms with Crippen LogP contribution in [0.3, 0.4) is 0 Å². The molecule has 6 nitrogen and oxygen atoms in total. The van der Waals surface area contributed by atoms with Gasteiger partial charge in [-0.3, -0.25) is 4.98 Å². The molecule has 0 aliphatic heterocycles. The van der Waals surface area contributed by atoms with Crippen molar-refractivity contribution in [1.82, 2.24) is 15.1 Å². The lowest BCUT2D eigenvalue weighted by Crippen LogP contribution is -2.21. The van der Waals surface area contributed by atoms with Crippen LogP contribution in [0.25, 0.3) is 0 Å². The second kappa shape index (κ2) is 6.44. The van der Waals surface area contributed by atoms with E-state index in [4.69, 9.17) is 4.52 Å². The monoisotopic (exact) mass is 302 g/mol. The van der Waals surface area contributed by atoms with Crippen LogP contribution >= 0.6 is 0 Å². The maximum absolute atomic E-state index is 10.3. The molecular weight excluding hydrogens is 280 g/mol. The van der Waals surface area contributed by atoms with Gasteiger partial charge < -0.3 is 14.9 Å². The van der Waals surface area contributed by atoms with Crippen molar-refractivity contribution in [3.63, 3.8) is 0 Å². The van der Waals surface area contributed by atoms with Gasteiger partial charge in [-0.25, -0.2) is 0 Å². The van der Waals surface area contributed by atoms with Crippen LogP contribution in [0.15, 0.2) is 22.9 Å². The molecule has 1 saturated carbocycles. The van der Waals surface area contributed by atoms with Crippen molar-refractivity contribution in [3.05, 3.63) is 35.7 Å². The van der Waals surface area contributed by atoms with E-state index in [1.165, 1.54) is 0 Å². The van der Waals surface area contributed by atoms with Gasteiger partial charge in [-0.1, -0.05) is 12.1 Å². The molecule has 0 saturated heterocycles. The molecule has 2 heterocycles. The highest BCUT2D eigenvalue weighted by Gasteiger charge is 2.36. The molecular formula is C16H22N4O2. The molecule has 0 amide bonds. The van der Waals surface area contributed by atoms with Gasteiger partial charge in [0.15, 0.2) is 5.82 Å². The zero-order chi connectivity index (χ0) is 15.5. The number of aliphatic hydroxyl groups is 1. The van der Waals surface area contributed by atoms with Gasteiger partial charge in [0.2, 0.25) is 5.89 Å². The first-order valence-corrected chi connectivity index (χ1v) is 7.82. The number of aliphatic hydroxyl groups excluding tert-OH is 1. The summed E-state index contributed by atoms with van der Waals surface area (Å²) in [4.78, 5) is 8.57. The van der Waals surface area contributed by atoms with Gasteiger partial charge in [0.25, 0.3) is 0 Å². The predicted octanol–water partition coefficient (Wildman–Crippen LogP) is 2.30. The first-order valence-electron chi connectivity index (χ1n) is 7.82. The van der Waals surface area contributed by atoms with Gasteiger partial charge in [-0.2, -0.15) is 4.98 Å². The zero-order valence-electron chi connectivity index (χ0n) is 13.0. The van der Waals surface area contributed by atoms with E-state index in [9.17, 15) is 5.11 Å². The standard InChI is InChI=1S/C16H22N4O2/c1-3-13-8-14(4-5-17-13)18-9-12-6-11(7-15(12)21)16-19-10(2)20-22-16/h4-5,8,11-12,15,21H,3,6-7,9H2,1-2H3,(H,17,18)/t11-,12+,15+/m0/s1. The second-order valence-corrected chi connectivity index (χ2v) is 5.95. The molecule has 118 valence electrons. The van der Waals surface area contributed by atoms with Crippen LogP contribution in [-0.2, 0) is 6.42 Å². The number of hydrogen-bond acceptors (Lipinski definition) is 6. The Morgan fingerprint density at radius 1 is 1.41 bits per heavy atom. The highest BCUT2D eigenvalue weighted by molar-refractivity contribution is 5.43. The molecule has 0 bridgehead atoms. The fourth-order valence-electron chi connectivity index (χ4n) is 3.03. The van der Waals surface area contributed by atoms with Gasteiger partial charge in [0.05, 0.1) is 6.10 Å². The van der Waals surface area contributed by atoms with Crippen molar-refractivity contribution >= 4 is 5.69 Å². The topological polar surface area (TPSA) is 84.1 Å². The fourth-order valence-corrected chi connectivity index (χ4v) is 3.03. The molecule has 0 radical (unpaired) electrons. The minimum absolute atomic E-state index is 0.159. The molecule has 6 heteroatoms. The van der Waals surface area contributed by atoms with E-state index in [1.54, 1.807) is 0 Å². The molecule has 1 aliphatic carbocycles. The summed E-state index contributed by atoms with van der Waals surface area (Å²) >= 11 is 0. The third kappa shape index (κ3) is 3.27. The molecule has 0 spiro atoms. The molecule has 3 rings (SSSR count). The highest BCUT2D eigenvalue weighted by atomic mass is 16.5. The van der Waals surface area contributed by atoms with Crippen molar-refractivity contribution in [1.29, 1.82) is 0 Å². The summed E-state index contributed by atoms with van der Waals surface area (Å²) in [5.41, 5.74) is 2.12. The van der Waals surface area contributed by atoms with Crippen LogP contribution in [0.2, 0.25) is 0 Å². The van der Waals surface area contributed by atoms with E-state index < -0.39 is 0 Å². The first-order chi connectivity index (χ1) is 10.7. The lowest BCUT2D eigenvalue weighted by molar-refractivity contribution is 0.137. The fraction of sp³-hybridized carbons (Fsp3) is 0.562. The normalized spacial score (nSPS) is 24.6. The van der Waals surface area contributed by atoms with Crippen LogP contribution in [0.1, 0.15) is 43.1 Å². The van der Waals surface area contributed by atoms with Gasteiger partial charge in [0, 0.05) is 36.0 Å². The Kier molecular flexibility index (Phi) is 4.38. The third-order valence-electron chi connectivity index (χ3n) is 4.30. The number of aromatic nitrogens is 3. The number of rotatable bonds is 5. The third-order valence-corrected chi connectivity index (χ3v) is 4.30. The second-order valence-electron chi connectivity index (χ2n) is 5.95. The predicted molar refractivity (Wildman–Crippen MR) is 82.6 cm³/mol. The van der Waals surface area contributed by atoms with Crippen molar-refractivity contribution in [2.24, 2.45) is 5.92 Å². The van der Waals surface area contributed by atoms with Gasteiger partial charge in [0.1, 0.15) is 0 Å². The number of pyridine rings is 1. The van der Waals surface area contributed by atoms with E-state index in [0.717, 1.165) is 30.8 Å². The smallest absolute Gasteiger partial charge is 0.229 e. The Bertz CT molecular complexity index is 628. The molecule has 1 aliphatic rings. The SMILES string of the molecule is CCc1cc(NC[C@H]2C[C@H](c3nc(C)no3)C[C@H]2O)ccn1. The molecule has 2 aromatic heterocycles. The summed E-state index contributed by atoms with van der Waals surface area (Å²) in [6.45, 7) is 4.63. The van der Waals surface area contributed by atoms with E-state index in [1.807, 2.05) is 19.2 Å². The summed E-state index contributed by atoms with van der Waals surface area (Å²) in [6, 6.07) is 4.01. The number of hydrogen-bond donors (Lipinski definition) is 2. The molecule has 0 aromatic carbocycles. The van der Waals surface area contributed by atoms with Crippen molar-refractivity contribution in [2.75, 3.05) is 11.9 Å². The molecule has 2 N–H and O–H groups in total. The van der Waals surface area contributed by atoms with Crippen LogP contribution in [0.4, 0.5) is 5.69 Å². The molecule has 0 unspecified atom stereocenters. The summed E-state index contributed by atoms with van der Waals surface area (Å²) in [6.07, 6.45) is 3.94. The van der Waals surface area contributed by atoms with Gasteiger partial charge in [-0.05, 0) is 38.3 Å². The number of nitrogens with one attached hydrogen (secondary N) is 1. The summed E-state index contributed by atoms with van der Waals surface area (Å²) in [5, 5.41) is 17.5. The summed E-state index contributed by atoms with van der Waals surface area (Å²) < 4.78 is 5.24. The number of aryl methyl sites for hydroxylation is 2. The first kappa shape index (κ1) is 15.0. The Balaban J connectivity index is 1.58. The minimum Gasteiger partial charge on any atom is -0.393 e. The summed E-state index contributed by atoms with van der Waals surface area (Å²) in [7, 11) is 0. The maximum atomic E-state index is 10.3. The largest absolute Gasteiger partial charge is 0.393 e. The van der Waals surface area contributed by atoms with Crippen LogP contribution < -0.4 is 5.32 Å². The molecule has 2 aromatic rings. The van der Waals surface area contributed by atoms with Gasteiger partial charge >= 0.3 is 0 Å². The number of nitrogens with zero attached hydrogens (tertiary/aromatic N) is 3. The van der Waals surface area contributed by atoms with E-state index in [-0.39, 0.29) is 17.9 Å². The maximum Gasteiger partial charge on any atom is 0.229 e. The van der Waals surface area contributed by atoms with Crippen LogP contribution in [0.5, 0.6) is 0 Å². The van der Waals surface area contributed by atoms with Crippen LogP contribution in [-0.4, -0.2) is 32.9 Å².